The van der Waals surface area contributed by atoms with Crippen LogP contribution in [0.1, 0.15) is 5.69 Å². The first kappa shape index (κ1) is 23.3. The van der Waals surface area contributed by atoms with Gasteiger partial charge in [-0.15, -0.1) is 0 Å². The van der Waals surface area contributed by atoms with E-state index in [1.165, 1.54) is 21.5 Å². The summed E-state index contributed by atoms with van der Waals surface area (Å²) < 4.78 is 31.4. The highest BCUT2D eigenvalue weighted by Crippen LogP contribution is 2.36. The van der Waals surface area contributed by atoms with Gasteiger partial charge in [-0.2, -0.15) is 0 Å². The fraction of sp³-hybridized carbons (Fsp3) is 0.0870. The molecule has 0 aliphatic rings. The van der Waals surface area contributed by atoms with Crippen molar-refractivity contribution in [2.75, 3.05) is 4.72 Å². The first-order valence-electron chi connectivity index (χ1n) is 10.1. The second kappa shape index (κ2) is 9.20. The lowest BCUT2D eigenvalue weighted by molar-refractivity contribution is -0.388. The third kappa shape index (κ3) is 4.47. The molecule has 3 aromatic carbocycles. The van der Waals surface area contributed by atoms with E-state index in [-0.39, 0.29) is 16.3 Å². The summed E-state index contributed by atoms with van der Waals surface area (Å²) in [5.74, 6) is 0. The summed E-state index contributed by atoms with van der Waals surface area (Å²) >= 11 is 1.16. The van der Waals surface area contributed by atoms with Gasteiger partial charge in [0, 0.05) is 18.0 Å². The summed E-state index contributed by atoms with van der Waals surface area (Å²) in [7, 11) is -2.64. The maximum absolute atomic E-state index is 13.1. The van der Waals surface area contributed by atoms with Crippen molar-refractivity contribution in [3.8, 4) is 5.69 Å². The van der Waals surface area contributed by atoms with Crippen LogP contribution in [0.3, 0.4) is 0 Å². The van der Waals surface area contributed by atoms with Gasteiger partial charge in [0.05, 0.1) is 26.1 Å². The minimum absolute atomic E-state index is 0.128. The second-order valence-corrected chi connectivity index (χ2v) is 10.1. The van der Waals surface area contributed by atoms with Crippen molar-refractivity contribution < 1.29 is 13.3 Å². The normalized spacial score (nSPS) is 11.4. The first-order valence-corrected chi connectivity index (χ1v) is 12.4. The van der Waals surface area contributed by atoms with Crippen molar-refractivity contribution in [3.63, 3.8) is 0 Å². The van der Waals surface area contributed by atoms with Crippen LogP contribution in [0.5, 0.6) is 0 Å². The molecule has 4 rings (SSSR count). The summed E-state index contributed by atoms with van der Waals surface area (Å²) in [6.45, 7) is 1.61. The molecule has 0 fully saturated rings. The Labute approximate surface area is 199 Å². The highest BCUT2D eigenvalue weighted by molar-refractivity contribution is 7.99. The quantitative estimate of drug-likeness (QED) is 0.300. The summed E-state index contributed by atoms with van der Waals surface area (Å²) in [6, 6.07) is 21.5. The minimum atomic E-state index is -4.28. The molecule has 0 bridgehead atoms. The van der Waals surface area contributed by atoms with Gasteiger partial charge in [0.15, 0.2) is 0 Å². The average Bonchev–Trinajstić information content (AvgIpc) is 3.03. The molecule has 9 nitrogen and oxygen atoms in total. The Kier molecular flexibility index (Phi) is 6.31. The lowest BCUT2D eigenvalue weighted by Crippen LogP contribution is -2.23. The molecule has 0 saturated heterocycles. The van der Waals surface area contributed by atoms with Crippen LogP contribution in [0, 0.1) is 17.0 Å². The number of nitro benzene ring substituents is 1. The molecule has 0 aliphatic carbocycles. The number of hydrogen-bond acceptors (Lipinski definition) is 6. The van der Waals surface area contributed by atoms with Gasteiger partial charge in [0.2, 0.25) is 0 Å². The van der Waals surface area contributed by atoms with E-state index in [1.807, 2.05) is 6.07 Å². The SMILES string of the molecule is Cc1c(NS(=O)(=O)c2ccc(Sc3ccccc3)c([N+](=O)[O-])c2)c(=O)n(-c2ccccc2)n1C. The van der Waals surface area contributed by atoms with Crippen molar-refractivity contribution in [3.05, 3.63) is 105 Å². The second-order valence-electron chi connectivity index (χ2n) is 7.34. The number of sulfonamides is 1. The highest BCUT2D eigenvalue weighted by Gasteiger charge is 2.25. The van der Waals surface area contributed by atoms with E-state index in [0.29, 0.717) is 16.3 Å². The smallest absolute Gasteiger partial charge is 0.283 e. The maximum Gasteiger partial charge on any atom is 0.296 e. The highest BCUT2D eigenvalue weighted by atomic mass is 32.2. The summed E-state index contributed by atoms with van der Waals surface area (Å²) in [4.78, 5) is 24.9. The molecule has 1 N–H and O–H groups in total. The van der Waals surface area contributed by atoms with E-state index < -0.39 is 20.5 Å². The van der Waals surface area contributed by atoms with Crippen LogP contribution < -0.4 is 10.3 Å². The number of nitrogens with zero attached hydrogens (tertiary/aromatic N) is 3. The number of para-hydroxylation sites is 1. The molecule has 4 aromatic rings. The lowest BCUT2D eigenvalue weighted by Gasteiger charge is -2.09. The Morgan fingerprint density at radius 3 is 2.21 bits per heavy atom. The van der Waals surface area contributed by atoms with Crippen LogP contribution in [-0.4, -0.2) is 22.7 Å². The Morgan fingerprint density at radius 2 is 1.59 bits per heavy atom. The Bertz CT molecular complexity index is 1530. The Morgan fingerprint density at radius 1 is 0.971 bits per heavy atom. The molecule has 174 valence electrons. The number of rotatable bonds is 7. The van der Waals surface area contributed by atoms with Crippen molar-refractivity contribution in [1.29, 1.82) is 0 Å². The topological polar surface area (TPSA) is 116 Å². The molecule has 0 atom stereocenters. The van der Waals surface area contributed by atoms with E-state index in [4.69, 9.17) is 0 Å². The number of nitro groups is 1. The standard InChI is InChI=1S/C23H20N4O5S2/c1-16-22(23(28)26(25(16)2)17-9-5-3-6-10-17)24-34(31,32)19-13-14-21(20(15-19)27(29)30)33-18-11-7-4-8-12-18/h3-15,24H,1-2H3. The summed E-state index contributed by atoms with van der Waals surface area (Å²) in [5, 5.41) is 11.7. The zero-order chi connectivity index (χ0) is 24.5. The van der Waals surface area contributed by atoms with Gasteiger partial charge >= 0.3 is 0 Å². The van der Waals surface area contributed by atoms with Crippen molar-refractivity contribution >= 4 is 33.2 Å². The molecule has 34 heavy (non-hydrogen) atoms. The molecular weight excluding hydrogens is 476 g/mol. The molecule has 0 saturated carbocycles. The molecular formula is C23H20N4O5S2. The minimum Gasteiger partial charge on any atom is -0.283 e. The molecule has 11 heteroatoms. The number of anilines is 1. The van der Waals surface area contributed by atoms with Gasteiger partial charge in [-0.3, -0.25) is 24.3 Å². The summed E-state index contributed by atoms with van der Waals surface area (Å²) in [5.41, 5.74) is -0.0647. The van der Waals surface area contributed by atoms with Crippen LogP contribution in [0.25, 0.3) is 5.69 Å². The van der Waals surface area contributed by atoms with Gasteiger partial charge in [-0.25, -0.2) is 13.1 Å². The predicted molar refractivity (Wildman–Crippen MR) is 130 cm³/mol. The zero-order valence-electron chi connectivity index (χ0n) is 18.2. The molecule has 0 aliphatic heterocycles. The largest absolute Gasteiger partial charge is 0.296 e. The number of aromatic nitrogens is 2. The molecule has 0 spiro atoms. The number of benzene rings is 3. The van der Waals surface area contributed by atoms with Gasteiger partial charge in [-0.1, -0.05) is 48.2 Å². The molecule has 0 amide bonds. The zero-order valence-corrected chi connectivity index (χ0v) is 19.8. The van der Waals surface area contributed by atoms with Crippen LogP contribution in [-0.2, 0) is 17.1 Å². The Balaban J connectivity index is 1.71. The Hall–Kier alpha value is -3.83. The summed E-state index contributed by atoms with van der Waals surface area (Å²) in [6.07, 6.45) is 0. The van der Waals surface area contributed by atoms with E-state index in [1.54, 1.807) is 68.6 Å². The van der Waals surface area contributed by atoms with Crippen molar-refractivity contribution in [2.24, 2.45) is 7.05 Å². The molecule has 0 radical (unpaired) electrons. The van der Waals surface area contributed by atoms with Crippen LogP contribution in [0.15, 0.2) is 98.3 Å². The molecule has 1 aromatic heterocycles. The van der Waals surface area contributed by atoms with Gasteiger partial charge in [0.1, 0.15) is 5.69 Å². The third-order valence-electron chi connectivity index (χ3n) is 5.20. The van der Waals surface area contributed by atoms with Gasteiger partial charge < -0.3 is 0 Å². The van der Waals surface area contributed by atoms with E-state index in [0.717, 1.165) is 22.7 Å². The van der Waals surface area contributed by atoms with E-state index in [2.05, 4.69) is 4.72 Å². The van der Waals surface area contributed by atoms with Crippen molar-refractivity contribution in [1.82, 2.24) is 9.36 Å². The molecule has 0 unspecified atom stereocenters. The van der Waals surface area contributed by atoms with Crippen LogP contribution >= 0.6 is 11.8 Å². The van der Waals surface area contributed by atoms with Gasteiger partial charge in [-0.05, 0) is 43.3 Å². The van der Waals surface area contributed by atoms with Crippen molar-refractivity contribution in [2.45, 2.75) is 21.6 Å². The third-order valence-corrected chi connectivity index (χ3v) is 7.62. The molecule has 1 heterocycles. The van der Waals surface area contributed by atoms with Crippen LogP contribution in [0.2, 0.25) is 0 Å². The van der Waals surface area contributed by atoms with E-state index in [9.17, 15) is 23.3 Å². The first-order chi connectivity index (χ1) is 16.2. The monoisotopic (exact) mass is 496 g/mol. The fourth-order valence-corrected chi connectivity index (χ4v) is 5.44. The number of hydrogen-bond donors (Lipinski definition) is 1. The van der Waals surface area contributed by atoms with Crippen LogP contribution in [0.4, 0.5) is 11.4 Å². The number of nitrogens with one attached hydrogen (secondary N) is 1. The fourth-order valence-electron chi connectivity index (χ4n) is 3.39. The van der Waals surface area contributed by atoms with Gasteiger partial charge in [0.25, 0.3) is 21.3 Å². The average molecular weight is 497 g/mol. The lowest BCUT2D eigenvalue weighted by atomic mass is 10.3. The van der Waals surface area contributed by atoms with E-state index >= 15 is 0 Å². The maximum atomic E-state index is 13.1. The predicted octanol–water partition coefficient (Wildman–Crippen LogP) is 4.34.